The lowest BCUT2D eigenvalue weighted by molar-refractivity contribution is -0.137. The predicted octanol–water partition coefficient (Wildman–Crippen LogP) is 3.26. The largest absolute Gasteiger partial charge is 0.421 e. The van der Waals surface area contributed by atoms with Gasteiger partial charge in [-0.3, -0.25) is 0 Å². The zero-order valence-electron chi connectivity index (χ0n) is 20.8. The van der Waals surface area contributed by atoms with Crippen LogP contribution in [0.5, 0.6) is 0 Å². The van der Waals surface area contributed by atoms with Gasteiger partial charge in [-0.05, 0) is 27.6 Å². The van der Waals surface area contributed by atoms with Crippen molar-refractivity contribution >= 4 is 17.6 Å². The maximum absolute atomic E-state index is 13.3. The third kappa shape index (κ3) is 4.15. The van der Waals surface area contributed by atoms with E-state index in [2.05, 4.69) is 35.9 Å². The van der Waals surface area contributed by atoms with Gasteiger partial charge in [-0.1, -0.05) is 0 Å². The molecule has 0 amide bonds. The van der Waals surface area contributed by atoms with E-state index in [4.69, 9.17) is 6.85 Å². The lowest BCUT2D eigenvalue weighted by atomic mass is 10.0. The van der Waals surface area contributed by atoms with Crippen molar-refractivity contribution in [1.29, 1.82) is 0 Å². The van der Waals surface area contributed by atoms with E-state index >= 15 is 0 Å². The fourth-order valence-electron chi connectivity index (χ4n) is 2.53. The first-order valence-electron chi connectivity index (χ1n) is 11.0. The van der Waals surface area contributed by atoms with Gasteiger partial charge < -0.3 is 10.6 Å². The van der Waals surface area contributed by atoms with Crippen LogP contribution in [-0.2, 0) is 18.2 Å². The van der Waals surface area contributed by atoms with Crippen molar-refractivity contribution in [1.82, 2.24) is 34.7 Å². The summed E-state index contributed by atoms with van der Waals surface area (Å²) in [6, 6.07) is 1.33. The molecule has 0 aliphatic carbocycles. The van der Waals surface area contributed by atoms with E-state index in [0.29, 0.717) is 10.9 Å². The number of anilines is 3. The van der Waals surface area contributed by atoms with E-state index in [1.165, 1.54) is 23.3 Å². The van der Waals surface area contributed by atoms with Gasteiger partial charge in [0.15, 0.2) is 0 Å². The van der Waals surface area contributed by atoms with Crippen LogP contribution < -0.4 is 10.6 Å². The SMILES string of the molecule is [2H]C([2H])([2H])C([2H])([2H])n1nc(C(C)(C)n2nccn2)cc1Nc1ncc(C(F)(F)F)c(NCC)n1. The van der Waals surface area contributed by atoms with E-state index < -0.39 is 36.4 Å². The molecule has 0 aliphatic rings. The molecule has 0 atom stereocenters. The third-order valence-corrected chi connectivity index (χ3v) is 4.04. The maximum Gasteiger partial charge on any atom is 0.421 e. The summed E-state index contributed by atoms with van der Waals surface area (Å²) in [5.41, 5.74) is -1.94. The van der Waals surface area contributed by atoms with E-state index in [1.54, 1.807) is 20.8 Å². The molecule has 3 aromatic heterocycles. The first-order valence-corrected chi connectivity index (χ1v) is 8.52. The highest BCUT2D eigenvalue weighted by Gasteiger charge is 2.35. The fraction of sp³-hybridized carbons (Fsp3) is 0.471. The molecule has 0 saturated carbocycles. The predicted molar refractivity (Wildman–Crippen MR) is 101 cm³/mol. The molecule has 156 valence electrons. The molecule has 3 rings (SSSR count). The second kappa shape index (κ2) is 7.68. The number of aryl methyl sites for hydroxylation is 1. The van der Waals surface area contributed by atoms with Crippen LogP contribution in [-0.4, -0.2) is 41.3 Å². The summed E-state index contributed by atoms with van der Waals surface area (Å²) >= 11 is 0. The first-order chi connectivity index (χ1) is 15.6. The minimum atomic E-state index is -4.70. The molecular weight excluding hydrogens is 387 g/mol. The van der Waals surface area contributed by atoms with E-state index in [-0.39, 0.29) is 24.0 Å². The lowest BCUT2D eigenvalue weighted by Gasteiger charge is -2.20. The van der Waals surface area contributed by atoms with Crippen molar-refractivity contribution in [2.45, 2.75) is 45.8 Å². The van der Waals surface area contributed by atoms with Gasteiger partial charge in [0.25, 0.3) is 0 Å². The van der Waals surface area contributed by atoms with Gasteiger partial charge in [-0.25, -0.2) is 9.67 Å². The molecule has 0 spiro atoms. The Bertz CT molecular complexity index is 1140. The molecule has 29 heavy (non-hydrogen) atoms. The van der Waals surface area contributed by atoms with Crippen LogP contribution >= 0.6 is 0 Å². The number of aromatic nitrogens is 7. The van der Waals surface area contributed by atoms with Gasteiger partial charge >= 0.3 is 6.18 Å². The summed E-state index contributed by atoms with van der Waals surface area (Å²) in [4.78, 5) is 8.82. The monoisotopic (exact) mass is 414 g/mol. The Balaban J connectivity index is 2.12. The number of halogens is 3. The minimum absolute atomic E-state index is 0.147. The molecule has 0 aliphatic heterocycles. The molecule has 0 saturated heterocycles. The van der Waals surface area contributed by atoms with Crippen molar-refractivity contribution in [3.63, 3.8) is 0 Å². The van der Waals surface area contributed by atoms with Crippen LogP contribution in [0.15, 0.2) is 24.7 Å². The highest BCUT2D eigenvalue weighted by atomic mass is 19.4. The highest BCUT2D eigenvalue weighted by Crippen LogP contribution is 2.34. The number of rotatable bonds is 7. The molecule has 2 N–H and O–H groups in total. The quantitative estimate of drug-likeness (QED) is 0.612. The fourth-order valence-corrected chi connectivity index (χ4v) is 2.53. The summed E-state index contributed by atoms with van der Waals surface area (Å²) in [6.07, 6.45) is -1.27. The zero-order valence-corrected chi connectivity index (χ0v) is 15.8. The average Bonchev–Trinajstić information content (AvgIpc) is 3.37. The Kier molecular flexibility index (Phi) is 3.91. The van der Waals surface area contributed by atoms with Crippen LogP contribution in [0, 0.1) is 0 Å². The molecular formula is C17H22F3N9. The Labute approximate surface area is 172 Å². The van der Waals surface area contributed by atoms with Crippen molar-refractivity contribution < 1.29 is 20.0 Å². The van der Waals surface area contributed by atoms with Gasteiger partial charge in [0.05, 0.1) is 20.8 Å². The smallest absolute Gasteiger partial charge is 0.370 e. The number of alkyl halides is 3. The van der Waals surface area contributed by atoms with Gasteiger partial charge in [0.2, 0.25) is 5.95 Å². The number of hydrogen-bond acceptors (Lipinski definition) is 7. The third-order valence-electron chi connectivity index (χ3n) is 4.04. The molecule has 3 heterocycles. The molecule has 12 heteroatoms. The Morgan fingerprint density at radius 3 is 2.59 bits per heavy atom. The highest BCUT2D eigenvalue weighted by molar-refractivity contribution is 5.54. The number of hydrogen-bond donors (Lipinski definition) is 2. The van der Waals surface area contributed by atoms with Gasteiger partial charge in [0.1, 0.15) is 22.7 Å². The minimum Gasteiger partial charge on any atom is -0.370 e. The summed E-state index contributed by atoms with van der Waals surface area (Å²) in [5.74, 6) is -1.01. The number of nitrogens with zero attached hydrogens (tertiary/aromatic N) is 7. The zero-order chi connectivity index (χ0) is 25.5. The van der Waals surface area contributed by atoms with Crippen LogP contribution in [0.1, 0.15) is 45.7 Å². The van der Waals surface area contributed by atoms with Crippen LogP contribution in [0.25, 0.3) is 0 Å². The molecule has 0 fully saturated rings. The Morgan fingerprint density at radius 2 is 1.97 bits per heavy atom. The van der Waals surface area contributed by atoms with Crippen LogP contribution in [0.2, 0.25) is 0 Å². The van der Waals surface area contributed by atoms with E-state index in [0.717, 1.165) is 0 Å². The average molecular weight is 414 g/mol. The lowest BCUT2D eigenvalue weighted by Crippen LogP contribution is -2.30. The van der Waals surface area contributed by atoms with Crippen molar-refractivity contribution in [3.05, 3.63) is 35.9 Å². The van der Waals surface area contributed by atoms with Gasteiger partial charge in [-0.2, -0.15) is 38.2 Å². The normalized spacial score (nSPS) is 15.7. The second-order valence-corrected chi connectivity index (χ2v) is 6.42. The Morgan fingerprint density at radius 1 is 1.24 bits per heavy atom. The van der Waals surface area contributed by atoms with Crippen molar-refractivity contribution in [2.24, 2.45) is 0 Å². The van der Waals surface area contributed by atoms with Gasteiger partial charge in [0, 0.05) is 29.4 Å². The maximum atomic E-state index is 13.3. The summed E-state index contributed by atoms with van der Waals surface area (Å²) in [7, 11) is 0. The van der Waals surface area contributed by atoms with E-state index in [9.17, 15) is 13.2 Å². The summed E-state index contributed by atoms with van der Waals surface area (Å²) in [5, 5.41) is 17.4. The van der Waals surface area contributed by atoms with Crippen LogP contribution in [0.3, 0.4) is 0 Å². The topological polar surface area (TPSA) is 98.4 Å². The second-order valence-electron chi connectivity index (χ2n) is 6.42. The standard InChI is InChI=1S/C17H22F3N9/c1-5-21-14-11(17(18,19)20)10-22-15(26-14)25-13-9-12(27-28(13)6-2)16(3,4)29-23-7-8-24-29/h7-10H,5-6H2,1-4H3,(H2,21,22,25,26)/i2D3,6D2. The Hall–Kier alpha value is -3.18. The first kappa shape index (κ1) is 14.8. The van der Waals surface area contributed by atoms with Crippen LogP contribution in [0.4, 0.5) is 30.8 Å². The molecule has 3 aromatic rings. The number of nitrogens with one attached hydrogen (secondary N) is 2. The summed E-state index contributed by atoms with van der Waals surface area (Å²) < 4.78 is 79.6. The molecule has 0 bridgehead atoms. The molecule has 0 unspecified atom stereocenters. The van der Waals surface area contributed by atoms with Gasteiger partial charge in [-0.15, -0.1) is 0 Å². The van der Waals surface area contributed by atoms with Crippen molar-refractivity contribution in [2.75, 3.05) is 17.2 Å². The summed E-state index contributed by atoms with van der Waals surface area (Å²) in [6.45, 7) is -1.03. The molecule has 0 aromatic carbocycles. The van der Waals surface area contributed by atoms with E-state index in [1.807, 2.05) is 0 Å². The van der Waals surface area contributed by atoms with Crippen molar-refractivity contribution in [3.8, 4) is 0 Å². The molecule has 0 radical (unpaired) electrons. The molecule has 9 nitrogen and oxygen atoms in total.